The summed E-state index contributed by atoms with van der Waals surface area (Å²) in [5, 5.41) is 7.73. The van der Waals surface area contributed by atoms with Crippen molar-refractivity contribution in [3.8, 4) is 0 Å². The number of benzene rings is 1. The van der Waals surface area contributed by atoms with Gasteiger partial charge in [-0.3, -0.25) is 4.79 Å². The summed E-state index contributed by atoms with van der Waals surface area (Å²) in [6.45, 7) is 4.16. The van der Waals surface area contributed by atoms with E-state index >= 15 is 0 Å². The Morgan fingerprint density at radius 3 is 2.20 bits per heavy atom. The van der Waals surface area contributed by atoms with Crippen molar-refractivity contribution in [2.45, 2.75) is 19.6 Å². The Morgan fingerprint density at radius 1 is 1.25 bits per heavy atom. The van der Waals surface area contributed by atoms with Crippen LogP contribution in [-0.2, 0) is 20.6 Å². The molecule has 1 atom stereocenters. The standard InChI is InChI=1S/C13H21N3O3S/c1-9(2)12(7-14)13(17)16-11-5-3-10(4-6-11)8-20(15,18)19/h3-6,9,12H,7-8,14H2,1-2H3,(H,16,17)(H2,15,18,19). The van der Waals surface area contributed by atoms with Crippen molar-refractivity contribution < 1.29 is 13.2 Å². The highest BCUT2D eigenvalue weighted by Crippen LogP contribution is 2.15. The largest absolute Gasteiger partial charge is 0.330 e. The van der Waals surface area contributed by atoms with E-state index in [4.69, 9.17) is 10.9 Å². The second-order valence-electron chi connectivity index (χ2n) is 5.08. The highest BCUT2D eigenvalue weighted by atomic mass is 32.2. The molecule has 0 aromatic heterocycles. The van der Waals surface area contributed by atoms with Crippen LogP contribution in [0, 0.1) is 11.8 Å². The van der Waals surface area contributed by atoms with Crippen LogP contribution in [0.3, 0.4) is 0 Å². The molecule has 0 aliphatic heterocycles. The van der Waals surface area contributed by atoms with E-state index in [0.717, 1.165) is 0 Å². The van der Waals surface area contributed by atoms with Crippen LogP contribution in [0.2, 0.25) is 0 Å². The van der Waals surface area contributed by atoms with Crippen LogP contribution in [0.1, 0.15) is 19.4 Å². The Labute approximate surface area is 119 Å². The van der Waals surface area contributed by atoms with E-state index in [1.807, 2.05) is 13.8 Å². The zero-order valence-electron chi connectivity index (χ0n) is 11.7. The molecular formula is C13H21N3O3S. The number of nitrogens with one attached hydrogen (secondary N) is 1. The number of hydrogen-bond donors (Lipinski definition) is 3. The lowest BCUT2D eigenvalue weighted by Crippen LogP contribution is -2.33. The Bertz CT molecular complexity index is 553. The second kappa shape index (κ2) is 6.83. The number of anilines is 1. The lowest BCUT2D eigenvalue weighted by molar-refractivity contribution is -0.120. The summed E-state index contributed by atoms with van der Waals surface area (Å²) in [6.07, 6.45) is 0. The van der Waals surface area contributed by atoms with Crippen LogP contribution in [0.25, 0.3) is 0 Å². The molecule has 1 amide bonds. The topological polar surface area (TPSA) is 115 Å². The minimum absolute atomic E-state index is 0.137. The van der Waals surface area contributed by atoms with Gasteiger partial charge >= 0.3 is 0 Å². The van der Waals surface area contributed by atoms with Crippen molar-refractivity contribution in [3.05, 3.63) is 29.8 Å². The summed E-state index contributed by atoms with van der Waals surface area (Å²) in [7, 11) is -3.55. The molecule has 0 heterocycles. The quantitative estimate of drug-likeness (QED) is 0.715. The molecule has 0 spiro atoms. The Hall–Kier alpha value is -1.44. The number of carbonyl (C=O) groups is 1. The molecular weight excluding hydrogens is 278 g/mol. The molecule has 1 unspecified atom stereocenters. The van der Waals surface area contributed by atoms with E-state index in [-0.39, 0.29) is 30.0 Å². The summed E-state index contributed by atoms with van der Waals surface area (Å²) in [4.78, 5) is 12.0. The van der Waals surface area contributed by atoms with Crippen molar-refractivity contribution in [2.24, 2.45) is 22.7 Å². The molecule has 0 saturated heterocycles. The first-order valence-electron chi connectivity index (χ1n) is 6.33. The van der Waals surface area contributed by atoms with Crippen molar-refractivity contribution in [3.63, 3.8) is 0 Å². The van der Waals surface area contributed by atoms with Crippen LogP contribution in [-0.4, -0.2) is 20.9 Å². The van der Waals surface area contributed by atoms with Gasteiger partial charge in [0.2, 0.25) is 15.9 Å². The first-order valence-corrected chi connectivity index (χ1v) is 8.05. The van der Waals surface area contributed by atoms with Gasteiger partial charge in [-0.15, -0.1) is 0 Å². The molecule has 0 radical (unpaired) electrons. The Morgan fingerprint density at radius 2 is 1.80 bits per heavy atom. The van der Waals surface area contributed by atoms with Gasteiger partial charge in [0, 0.05) is 12.2 Å². The number of sulfonamides is 1. The molecule has 112 valence electrons. The van der Waals surface area contributed by atoms with Crippen molar-refractivity contribution in [1.29, 1.82) is 0 Å². The third kappa shape index (κ3) is 5.28. The number of hydrogen-bond acceptors (Lipinski definition) is 4. The molecule has 5 N–H and O–H groups in total. The lowest BCUT2D eigenvalue weighted by atomic mass is 9.95. The van der Waals surface area contributed by atoms with Crippen molar-refractivity contribution in [2.75, 3.05) is 11.9 Å². The average Bonchev–Trinajstić information content (AvgIpc) is 2.30. The monoisotopic (exact) mass is 299 g/mol. The molecule has 0 saturated carbocycles. The molecule has 20 heavy (non-hydrogen) atoms. The van der Waals surface area contributed by atoms with E-state index in [9.17, 15) is 13.2 Å². The summed E-state index contributed by atoms with van der Waals surface area (Å²) in [5.74, 6) is -0.457. The van der Waals surface area contributed by atoms with Gasteiger partial charge < -0.3 is 11.1 Å². The minimum Gasteiger partial charge on any atom is -0.330 e. The Kier molecular flexibility index (Phi) is 5.67. The SMILES string of the molecule is CC(C)C(CN)C(=O)Nc1ccc(CS(N)(=O)=O)cc1. The number of amides is 1. The maximum atomic E-state index is 12.0. The van der Waals surface area contributed by atoms with Crippen LogP contribution >= 0.6 is 0 Å². The predicted octanol–water partition coefficient (Wildman–Crippen LogP) is 0.645. The van der Waals surface area contributed by atoms with E-state index in [1.165, 1.54) is 0 Å². The Balaban J connectivity index is 2.73. The molecule has 0 bridgehead atoms. The van der Waals surface area contributed by atoms with E-state index in [1.54, 1.807) is 24.3 Å². The van der Waals surface area contributed by atoms with Crippen LogP contribution < -0.4 is 16.2 Å². The van der Waals surface area contributed by atoms with Gasteiger partial charge in [-0.1, -0.05) is 26.0 Å². The number of primary sulfonamides is 1. The highest BCUT2D eigenvalue weighted by molar-refractivity contribution is 7.88. The van der Waals surface area contributed by atoms with Gasteiger partial charge in [0.25, 0.3) is 0 Å². The third-order valence-electron chi connectivity index (χ3n) is 2.98. The van der Waals surface area contributed by atoms with E-state index in [0.29, 0.717) is 11.3 Å². The average molecular weight is 299 g/mol. The maximum Gasteiger partial charge on any atom is 0.229 e. The van der Waals surface area contributed by atoms with Gasteiger partial charge in [0.1, 0.15) is 0 Å². The summed E-state index contributed by atoms with van der Waals surface area (Å²) >= 11 is 0. The third-order valence-corrected chi connectivity index (χ3v) is 3.72. The summed E-state index contributed by atoms with van der Waals surface area (Å²) in [5.41, 5.74) is 6.76. The zero-order chi connectivity index (χ0) is 15.3. The molecule has 0 aliphatic carbocycles. The maximum absolute atomic E-state index is 12.0. The molecule has 0 fully saturated rings. The fourth-order valence-electron chi connectivity index (χ4n) is 1.83. The number of carbonyl (C=O) groups excluding carboxylic acids is 1. The molecule has 1 aromatic rings. The molecule has 1 rings (SSSR count). The van der Waals surface area contributed by atoms with Crippen molar-refractivity contribution >= 4 is 21.6 Å². The molecule has 0 aliphatic rings. The lowest BCUT2D eigenvalue weighted by Gasteiger charge is -2.18. The number of rotatable bonds is 6. The van der Waals surface area contributed by atoms with Gasteiger partial charge in [0.15, 0.2) is 0 Å². The summed E-state index contributed by atoms with van der Waals surface area (Å²) in [6, 6.07) is 6.53. The minimum atomic E-state index is -3.55. The van der Waals surface area contributed by atoms with Gasteiger partial charge in [-0.2, -0.15) is 0 Å². The van der Waals surface area contributed by atoms with Crippen LogP contribution in [0.5, 0.6) is 0 Å². The van der Waals surface area contributed by atoms with Gasteiger partial charge in [-0.25, -0.2) is 13.6 Å². The smallest absolute Gasteiger partial charge is 0.229 e. The first kappa shape index (κ1) is 16.6. The second-order valence-corrected chi connectivity index (χ2v) is 6.69. The van der Waals surface area contributed by atoms with Crippen LogP contribution in [0.4, 0.5) is 5.69 Å². The predicted molar refractivity (Wildman–Crippen MR) is 79.3 cm³/mol. The van der Waals surface area contributed by atoms with Gasteiger partial charge in [-0.05, 0) is 23.6 Å². The number of nitrogens with two attached hydrogens (primary N) is 2. The molecule has 6 nitrogen and oxygen atoms in total. The molecule has 1 aromatic carbocycles. The highest BCUT2D eigenvalue weighted by Gasteiger charge is 2.20. The summed E-state index contributed by atoms with van der Waals surface area (Å²) < 4.78 is 21.9. The van der Waals surface area contributed by atoms with Gasteiger partial charge in [0.05, 0.1) is 11.7 Å². The fourth-order valence-corrected chi connectivity index (χ4v) is 2.49. The van der Waals surface area contributed by atoms with E-state index < -0.39 is 10.0 Å². The van der Waals surface area contributed by atoms with Crippen LogP contribution in [0.15, 0.2) is 24.3 Å². The van der Waals surface area contributed by atoms with E-state index in [2.05, 4.69) is 5.32 Å². The normalized spacial score (nSPS) is 13.2. The molecule has 7 heteroatoms. The first-order chi connectivity index (χ1) is 9.23. The fraction of sp³-hybridized carbons (Fsp3) is 0.462. The van der Waals surface area contributed by atoms with Crippen molar-refractivity contribution in [1.82, 2.24) is 0 Å². The zero-order valence-corrected chi connectivity index (χ0v) is 12.5.